The van der Waals surface area contributed by atoms with Gasteiger partial charge in [0.1, 0.15) is 23.4 Å². The molecule has 3 amide bonds. The summed E-state index contributed by atoms with van der Waals surface area (Å²) in [6.07, 6.45) is 3.75. The van der Waals surface area contributed by atoms with Gasteiger partial charge in [-0.25, -0.2) is 4.39 Å². The Labute approximate surface area is 221 Å². The highest BCUT2D eigenvalue weighted by atomic mass is 35.5. The maximum Gasteiger partial charge on any atom is 0.243 e. The first kappa shape index (κ1) is 26.9. The zero-order valence-corrected chi connectivity index (χ0v) is 21.7. The number of benzene rings is 2. The van der Waals surface area contributed by atoms with Crippen molar-refractivity contribution in [1.29, 1.82) is 0 Å². The van der Waals surface area contributed by atoms with Crippen molar-refractivity contribution in [2.45, 2.75) is 44.7 Å². The molecule has 9 nitrogen and oxygen atoms in total. The van der Waals surface area contributed by atoms with Crippen molar-refractivity contribution in [3.8, 4) is 11.5 Å². The van der Waals surface area contributed by atoms with Crippen molar-refractivity contribution in [2.75, 3.05) is 28.5 Å². The molecule has 12 heteroatoms. The molecule has 0 saturated heterocycles. The number of carbonyl (C=O) groups excluding carboxylic acids is 3. The van der Waals surface area contributed by atoms with Crippen molar-refractivity contribution in [3.05, 3.63) is 47.2 Å². The number of nitrogens with zero attached hydrogens (tertiary/aromatic N) is 1. The lowest BCUT2D eigenvalue weighted by Crippen LogP contribution is -2.51. The van der Waals surface area contributed by atoms with Gasteiger partial charge in [0, 0.05) is 34.3 Å². The maximum absolute atomic E-state index is 13.8. The van der Waals surface area contributed by atoms with E-state index in [2.05, 4.69) is 10.6 Å². The molecule has 1 saturated carbocycles. The number of hydrogen-bond acceptors (Lipinski definition) is 6. The fourth-order valence-corrected chi connectivity index (χ4v) is 5.36. The molecular weight excluding hydrogens is 525 g/mol. The molecule has 1 fully saturated rings. The molecule has 2 atom stereocenters. The molecule has 0 unspecified atom stereocenters. The molecule has 0 spiro atoms. The van der Waals surface area contributed by atoms with Crippen LogP contribution in [0.15, 0.2) is 36.4 Å². The van der Waals surface area contributed by atoms with Gasteiger partial charge in [-0.1, -0.05) is 24.4 Å². The lowest BCUT2D eigenvalue weighted by molar-refractivity contribution is -0.125. The van der Waals surface area contributed by atoms with Gasteiger partial charge in [0.15, 0.2) is 11.5 Å². The second-order valence-corrected chi connectivity index (χ2v) is 10.7. The van der Waals surface area contributed by atoms with E-state index in [1.54, 1.807) is 18.2 Å². The Balaban J connectivity index is 1.42. The first-order chi connectivity index (χ1) is 17.7. The third kappa shape index (κ3) is 6.78. The van der Waals surface area contributed by atoms with E-state index in [0.717, 1.165) is 36.6 Å². The van der Waals surface area contributed by atoms with Crippen LogP contribution in [0.3, 0.4) is 0 Å². The summed E-state index contributed by atoms with van der Waals surface area (Å²) in [6, 6.07) is 7.55. The van der Waals surface area contributed by atoms with Crippen LogP contribution in [0.1, 0.15) is 32.6 Å². The highest BCUT2D eigenvalue weighted by molar-refractivity contribution is 7.86. The predicted octanol–water partition coefficient (Wildman–Crippen LogP) is 3.38. The molecule has 2 aromatic carbocycles. The molecule has 4 rings (SSSR count). The Morgan fingerprint density at radius 2 is 1.84 bits per heavy atom. The molecule has 1 aliphatic heterocycles. The van der Waals surface area contributed by atoms with E-state index < -0.39 is 46.0 Å². The van der Waals surface area contributed by atoms with Crippen LogP contribution in [0.4, 0.5) is 15.8 Å². The van der Waals surface area contributed by atoms with Gasteiger partial charge in [0.25, 0.3) is 0 Å². The quantitative estimate of drug-likeness (QED) is 0.494. The highest BCUT2D eigenvalue weighted by Gasteiger charge is 2.31. The standard InChI is InChI=1S/C25H27ClFN3O6S/c1-15(25(33)29-16-4-2-3-5-16)30(18-7-8-20(27)19(26)11-18)24(32)13-37(34)12-23(31)28-17-6-9-21-22(10-17)36-14-35-21/h6-11,15-16H,2-5,12-14H2,1H3,(H,28,31)(H,29,33)/t15-,37+/m1/s1. The smallest absolute Gasteiger partial charge is 0.243 e. The van der Waals surface area contributed by atoms with Gasteiger partial charge >= 0.3 is 0 Å². The summed E-state index contributed by atoms with van der Waals surface area (Å²) in [5, 5.41) is 5.34. The number of carbonyl (C=O) groups is 3. The van der Waals surface area contributed by atoms with Crippen LogP contribution in [0.25, 0.3) is 0 Å². The lowest BCUT2D eigenvalue weighted by atomic mass is 10.1. The zero-order chi connectivity index (χ0) is 26.5. The second-order valence-electron chi connectivity index (χ2n) is 8.87. The first-order valence-corrected chi connectivity index (χ1v) is 13.7. The van der Waals surface area contributed by atoms with E-state index in [4.69, 9.17) is 21.1 Å². The third-order valence-electron chi connectivity index (χ3n) is 6.15. The van der Waals surface area contributed by atoms with Crippen molar-refractivity contribution in [3.63, 3.8) is 0 Å². The number of amides is 3. The maximum atomic E-state index is 13.8. The van der Waals surface area contributed by atoms with Crippen molar-refractivity contribution < 1.29 is 32.5 Å². The Kier molecular flexibility index (Phi) is 8.65. The highest BCUT2D eigenvalue weighted by Crippen LogP contribution is 2.34. The normalized spacial score (nSPS) is 16.2. The SMILES string of the molecule is C[C@H](C(=O)NC1CCCC1)N(C(=O)C[S@@](=O)CC(=O)Nc1ccc2c(c1)OCO2)c1ccc(F)c(Cl)c1. The van der Waals surface area contributed by atoms with Crippen LogP contribution in [-0.4, -0.2) is 52.3 Å². The number of ether oxygens (including phenoxy) is 2. The monoisotopic (exact) mass is 551 g/mol. The van der Waals surface area contributed by atoms with Gasteiger partial charge in [0.2, 0.25) is 24.5 Å². The number of hydrogen-bond donors (Lipinski definition) is 2. The van der Waals surface area contributed by atoms with Crippen LogP contribution >= 0.6 is 11.6 Å². The Hall–Kier alpha value is -3.18. The predicted molar refractivity (Wildman–Crippen MR) is 138 cm³/mol. The van der Waals surface area contributed by atoms with E-state index in [0.29, 0.717) is 17.2 Å². The Morgan fingerprint density at radius 3 is 2.57 bits per heavy atom. The molecule has 2 N–H and O–H groups in total. The zero-order valence-electron chi connectivity index (χ0n) is 20.1. The summed E-state index contributed by atoms with van der Waals surface area (Å²) in [7, 11) is -1.89. The number of anilines is 2. The average molecular weight is 552 g/mol. The lowest BCUT2D eigenvalue weighted by Gasteiger charge is -2.29. The van der Waals surface area contributed by atoms with Crippen molar-refractivity contribution >= 4 is 51.5 Å². The van der Waals surface area contributed by atoms with Gasteiger partial charge in [-0.05, 0) is 50.1 Å². The van der Waals surface area contributed by atoms with E-state index >= 15 is 0 Å². The molecule has 2 aromatic rings. The molecule has 0 radical (unpaired) electrons. The van der Waals surface area contributed by atoms with Gasteiger partial charge in [0.05, 0.1) is 5.02 Å². The molecular formula is C25H27ClFN3O6S. The largest absolute Gasteiger partial charge is 0.454 e. The summed E-state index contributed by atoms with van der Waals surface area (Å²) in [5.41, 5.74) is 0.615. The summed E-state index contributed by atoms with van der Waals surface area (Å²) in [6.45, 7) is 1.63. The first-order valence-electron chi connectivity index (χ1n) is 11.8. The van der Waals surface area contributed by atoms with Crippen LogP contribution in [0.2, 0.25) is 5.02 Å². The van der Waals surface area contributed by atoms with E-state index in [9.17, 15) is 23.0 Å². The fraction of sp³-hybridized carbons (Fsp3) is 0.400. The number of halogens is 2. The molecule has 37 heavy (non-hydrogen) atoms. The van der Waals surface area contributed by atoms with Crippen molar-refractivity contribution in [1.82, 2.24) is 5.32 Å². The van der Waals surface area contributed by atoms with Gasteiger partial charge in [-0.3, -0.25) is 23.5 Å². The Bertz CT molecular complexity index is 1220. The van der Waals surface area contributed by atoms with E-state index in [-0.39, 0.29) is 29.5 Å². The van der Waals surface area contributed by atoms with Gasteiger partial charge in [-0.15, -0.1) is 0 Å². The van der Waals surface area contributed by atoms with Crippen LogP contribution in [0, 0.1) is 5.82 Å². The molecule has 2 aliphatic rings. The second kappa shape index (κ2) is 11.9. The molecule has 1 aliphatic carbocycles. The summed E-state index contributed by atoms with van der Waals surface area (Å²) >= 11 is 5.93. The fourth-order valence-electron chi connectivity index (χ4n) is 4.30. The van der Waals surface area contributed by atoms with Crippen molar-refractivity contribution in [2.24, 2.45) is 0 Å². The number of nitrogens with one attached hydrogen (secondary N) is 2. The van der Waals surface area contributed by atoms with Crippen LogP contribution in [0.5, 0.6) is 11.5 Å². The summed E-state index contributed by atoms with van der Waals surface area (Å²) < 4.78 is 37.0. The van der Waals surface area contributed by atoms with E-state index in [1.165, 1.54) is 19.1 Å². The molecule has 1 heterocycles. The van der Waals surface area contributed by atoms with E-state index in [1.807, 2.05) is 0 Å². The molecule has 198 valence electrons. The summed E-state index contributed by atoms with van der Waals surface area (Å²) in [5.74, 6) is -2.21. The van der Waals surface area contributed by atoms with Crippen LogP contribution < -0.4 is 25.0 Å². The minimum absolute atomic E-state index is 0.0257. The topological polar surface area (TPSA) is 114 Å². The van der Waals surface area contributed by atoms with Gasteiger partial charge in [-0.2, -0.15) is 0 Å². The van der Waals surface area contributed by atoms with Crippen LogP contribution in [-0.2, 0) is 25.2 Å². The molecule has 0 bridgehead atoms. The average Bonchev–Trinajstić information content (AvgIpc) is 3.52. The minimum atomic E-state index is -1.89. The summed E-state index contributed by atoms with van der Waals surface area (Å²) in [4.78, 5) is 39.8. The van der Waals surface area contributed by atoms with Gasteiger partial charge < -0.3 is 20.1 Å². The third-order valence-corrected chi connectivity index (χ3v) is 7.59. The minimum Gasteiger partial charge on any atom is -0.454 e. The number of fused-ring (bicyclic) bond motifs is 1. The Morgan fingerprint density at radius 1 is 1.11 bits per heavy atom. The number of rotatable bonds is 9. The molecule has 0 aromatic heterocycles.